The van der Waals surface area contributed by atoms with Crippen molar-refractivity contribution < 1.29 is 37.0 Å². The van der Waals surface area contributed by atoms with Crippen molar-refractivity contribution in [2.45, 2.75) is 25.2 Å². The minimum absolute atomic E-state index is 0.156. The summed E-state index contributed by atoms with van der Waals surface area (Å²) in [7, 11) is 0. The quantitative estimate of drug-likeness (QED) is 0.353. The smallest absolute Gasteiger partial charge is 0.314 e. The van der Waals surface area contributed by atoms with Crippen LogP contribution in [0.3, 0.4) is 0 Å². The van der Waals surface area contributed by atoms with Gasteiger partial charge in [0, 0.05) is 18.0 Å². The van der Waals surface area contributed by atoms with Gasteiger partial charge in [-0.1, -0.05) is 11.6 Å². The van der Waals surface area contributed by atoms with Gasteiger partial charge in [-0.2, -0.15) is 0 Å². The number of ether oxygens (including phenoxy) is 1. The number of primary amides is 1. The molecule has 168 valence electrons. The van der Waals surface area contributed by atoms with Gasteiger partial charge in [-0.25, -0.2) is 27.3 Å². The second-order valence-corrected chi connectivity index (χ2v) is 6.71. The zero-order chi connectivity index (χ0) is 23.3. The van der Waals surface area contributed by atoms with Gasteiger partial charge in [-0.05, 0) is 25.1 Å². The number of alkyl halides is 2. The molecule has 8 nitrogen and oxygen atoms in total. The van der Waals surface area contributed by atoms with E-state index >= 15 is 0 Å². The van der Waals surface area contributed by atoms with Crippen molar-refractivity contribution >= 4 is 29.2 Å². The Morgan fingerprint density at radius 2 is 2.00 bits per heavy atom. The maximum Gasteiger partial charge on any atom is 0.314 e. The first-order valence-electron chi connectivity index (χ1n) is 8.57. The molecule has 0 saturated carbocycles. The fraction of sp³-hybridized carbons (Fsp3) is 0.278. The number of rotatable bonds is 8. The van der Waals surface area contributed by atoms with Crippen LogP contribution in [0.15, 0.2) is 30.5 Å². The van der Waals surface area contributed by atoms with Crippen LogP contribution < -0.4 is 16.4 Å². The van der Waals surface area contributed by atoms with Gasteiger partial charge in [0.15, 0.2) is 11.6 Å². The number of carbonyl (C=O) groups is 2. The highest BCUT2D eigenvalue weighted by Crippen LogP contribution is 2.36. The van der Waals surface area contributed by atoms with E-state index in [0.29, 0.717) is 12.1 Å². The lowest BCUT2D eigenvalue weighted by atomic mass is 10.00. The zero-order valence-electron chi connectivity index (χ0n) is 15.8. The number of nitrogens with one attached hydrogen (secondary N) is 2. The summed E-state index contributed by atoms with van der Waals surface area (Å²) in [6.45, 7) is 0.351. The van der Waals surface area contributed by atoms with Crippen molar-refractivity contribution in [1.29, 1.82) is 0 Å². The minimum atomic E-state index is -3.66. The molecular weight excluding hydrogens is 448 g/mol. The van der Waals surface area contributed by atoms with Gasteiger partial charge in [-0.3, -0.25) is 4.79 Å². The number of amides is 3. The Bertz CT molecular complexity index is 964. The lowest BCUT2D eigenvalue weighted by Gasteiger charge is -2.36. The average molecular weight is 465 g/mol. The second-order valence-electron chi connectivity index (χ2n) is 6.27. The highest BCUT2D eigenvalue weighted by Gasteiger charge is 2.48. The average Bonchev–Trinajstić information content (AvgIpc) is 2.69. The van der Waals surface area contributed by atoms with Crippen LogP contribution in [0.1, 0.15) is 23.0 Å². The van der Waals surface area contributed by atoms with Crippen LogP contribution in [0, 0.1) is 11.6 Å². The molecule has 31 heavy (non-hydrogen) atoms. The molecule has 0 aliphatic heterocycles. The van der Waals surface area contributed by atoms with Crippen LogP contribution in [0.2, 0.25) is 5.02 Å². The van der Waals surface area contributed by atoms with Crippen LogP contribution in [0.4, 0.5) is 28.0 Å². The molecule has 0 aliphatic carbocycles. The number of hydrogen-bond donors (Lipinski definition) is 4. The summed E-state index contributed by atoms with van der Waals surface area (Å²) < 4.78 is 61.8. The third-order valence-corrected chi connectivity index (χ3v) is 4.13. The number of urea groups is 1. The molecular formula is C18H17ClF4N4O4. The summed E-state index contributed by atoms with van der Waals surface area (Å²) in [5, 5.41) is 13.1. The third kappa shape index (κ3) is 5.60. The van der Waals surface area contributed by atoms with Crippen LogP contribution in [-0.4, -0.2) is 41.2 Å². The number of anilines is 1. The lowest BCUT2D eigenvalue weighted by molar-refractivity contribution is -0.193. The van der Waals surface area contributed by atoms with E-state index in [-0.39, 0.29) is 10.7 Å². The van der Waals surface area contributed by atoms with Gasteiger partial charge < -0.3 is 26.2 Å². The number of nitrogens with zero attached hydrogens (tertiary/aromatic N) is 1. The molecule has 1 aromatic carbocycles. The van der Waals surface area contributed by atoms with Crippen molar-refractivity contribution in [3.63, 3.8) is 0 Å². The van der Waals surface area contributed by atoms with Crippen LogP contribution in [0.5, 0.6) is 0 Å². The highest BCUT2D eigenvalue weighted by atomic mass is 35.5. The number of benzene rings is 1. The maximum atomic E-state index is 14.6. The van der Waals surface area contributed by atoms with Crippen LogP contribution in [0.25, 0.3) is 0 Å². The molecule has 2 rings (SSSR count). The van der Waals surface area contributed by atoms with E-state index in [2.05, 4.69) is 10.3 Å². The Balaban J connectivity index is 2.56. The number of aliphatic hydroxyl groups excluding tert-OH is 1. The predicted molar refractivity (Wildman–Crippen MR) is 102 cm³/mol. The number of carbonyl (C=O) groups excluding carboxylic acids is 2. The fourth-order valence-electron chi connectivity index (χ4n) is 2.56. The van der Waals surface area contributed by atoms with Crippen molar-refractivity contribution in [2.24, 2.45) is 5.73 Å². The molecule has 3 amide bonds. The molecule has 2 aromatic rings. The van der Waals surface area contributed by atoms with E-state index in [1.165, 1.54) is 12.1 Å². The first kappa shape index (κ1) is 24.3. The molecule has 0 radical (unpaired) electrons. The molecule has 0 saturated heterocycles. The van der Waals surface area contributed by atoms with E-state index < -0.39 is 59.7 Å². The van der Waals surface area contributed by atoms with Crippen molar-refractivity contribution in [3.05, 3.63) is 58.4 Å². The fourth-order valence-corrected chi connectivity index (χ4v) is 2.67. The van der Waals surface area contributed by atoms with Gasteiger partial charge in [0.1, 0.15) is 5.69 Å². The monoisotopic (exact) mass is 464 g/mol. The van der Waals surface area contributed by atoms with Gasteiger partial charge >= 0.3 is 6.03 Å². The summed E-state index contributed by atoms with van der Waals surface area (Å²) in [6, 6.07) is 2.22. The Kier molecular flexibility index (Phi) is 7.76. The lowest BCUT2D eigenvalue weighted by Crippen LogP contribution is -2.57. The SMILES string of the molecule is CC(CO)O[C@](NC(N)=O)(c1cc(NC(=O)c2ccc(Cl)cn2)cc(F)c1F)C(F)F. The summed E-state index contributed by atoms with van der Waals surface area (Å²) in [6.07, 6.45) is -3.85. The van der Waals surface area contributed by atoms with Crippen molar-refractivity contribution in [1.82, 2.24) is 10.3 Å². The Labute approximate surface area is 178 Å². The van der Waals surface area contributed by atoms with Crippen molar-refractivity contribution in [3.8, 4) is 0 Å². The van der Waals surface area contributed by atoms with Crippen molar-refractivity contribution in [2.75, 3.05) is 11.9 Å². The molecule has 0 spiro atoms. The molecule has 2 atom stereocenters. The molecule has 13 heteroatoms. The predicted octanol–water partition coefficient (Wildman–Crippen LogP) is 2.75. The molecule has 0 aliphatic rings. The minimum Gasteiger partial charge on any atom is -0.394 e. The maximum absolute atomic E-state index is 14.6. The number of halogens is 5. The Hall–Kier alpha value is -2.96. The third-order valence-electron chi connectivity index (χ3n) is 3.91. The number of hydrogen-bond acceptors (Lipinski definition) is 5. The van der Waals surface area contributed by atoms with Crippen LogP contribution in [-0.2, 0) is 10.5 Å². The standard InChI is InChI=1S/C18H17ClF4N4O4/c1-8(7-28)31-18(16(22)23,27-17(24)30)11-4-10(5-12(20)14(11)21)26-15(29)13-3-2-9(19)6-25-13/h2-6,8,16,28H,7H2,1H3,(H,26,29)(H3,24,27,30)/t8?,18-/m1/s1. The second kappa shape index (κ2) is 9.90. The van der Waals surface area contributed by atoms with E-state index in [9.17, 15) is 27.2 Å². The summed E-state index contributed by atoms with van der Waals surface area (Å²) >= 11 is 5.68. The highest BCUT2D eigenvalue weighted by molar-refractivity contribution is 6.30. The normalized spacial score (nSPS) is 14.1. The molecule has 0 fully saturated rings. The number of nitrogens with two attached hydrogens (primary N) is 1. The number of aromatic nitrogens is 1. The molecule has 1 heterocycles. The summed E-state index contributed by atoms with van der Waals surface area (Å²) in [5.74, 6) is -4.31. The molecule has 5 N–H and O–H groups in total. The van der Waals surface area contributed by atoms with E-state index in [1.54, 1.807) is 5.32 Å². The van der Waals surface area contributed by atoms with Gasteiger partial charge in [-0.15, -0.1) is 0 Å². The Morgan fingerprint density at radius 1 is 1.32 bits per heavy atom. The zero-order valence-corrected chi connectivity index (χ0v) is 16.6. The van der Waals surface area contributed by atoms with Gasteiger partial charge in [0.2, 0.25) is 5.72 Å². The van der Waals surface area contributed by atoms with Gasteiger partial charge in [0.25, 0.3) is 12.3 Å². The first-order valence-corrected chi connectivity index (χ1v) is 8.94. The van der Waals surface area contributed by atoms with Gasteiger partial charge in [0.05, 0.1) is 23.3 Å². The van der Waals surface area contributed by atoms with E-state index in [4.69, 9.17) is 27.2 Å². The van der Waals surface area contributed by atoms with E-state index in [1.807, 2.05) is 0 Å². The largest absolute Gasteiger partial charge is 0.394 e. The topological polar surface area (TPSA) is 127 Å². The number of aliphatic hydroxyl groups is 1. The Morgan fingerprint density at radius 3 is 2.52 bits per heavy atom. The molecule has 0 bridgehead atoms. The number of pyridine rings is 1. The molecule has 1 aromatic heterocycles. The summed E-state index contributed by atoms with van der Waals surface area (Å²) in [4.78, 5) is 27.4. The summed E-state index contributed by atoms with van der Waals surface area (Å²) in [5.41, 5.74) is -0.104. The van der Waals surface area contributed by atoms with E-state index in [0.717, 1.165) is 13.1 Å². The van der Waals surface area contributed by atoms with Crippen LogP contribution >= 0.6 is 11.6 Å². The molecule has 1 unspecified atom stereocenters. The first-order chi connectivity index (χ1) is 14.5.